The summed E-state index contributed by atoms with van der Waals surface area (Å²) in [6, 6.07) is 15.7. The van der Waals surface area contributed by atoms with Gasteiger partial charge in [-0.25, -0.2) is 4.79 Å². The summed E-state index contributed by atoms with van der Waals surface area (Å²) in [5.41, 5.74) is 9.78. The van der Waals surface area contributed by atoms with Crippen LogP contribution in [0.1, 0.15) is 16.7 Å². The fraction of sp³-hybridized carbons (Fsp3) is 0.0625. The van der Waals surface area contributed by atoms with Crippen molar-refractivity contribution in [2.45, 2.75) is 6.42 Å². The number of carbonyl (C=O) groups excluding carboxylic acids is 1. The van der Waals surface area contributed by atoms with Crippen molar-refractivity contribution in [1.29, 1.82) is 0 Å². The van der Waals surface area contributed by atoms with Crippen molar-refractivity contribution in [3.8, 4) is 0 Å². The molecule has 0 aliphatic heterocycles. The highest BCUT2D eigenvalue weighted by Crippen LogP contribution is 2.19. The summed E-state index contributed by atoms with van der Waals surface area (Å²) < 4.78 is 0. The molecule has 4 heteroatoms. The van der Waals surface area contributed by atoms with Crippen molar-refractivity contribution < 1.29 is 9.63 Å². The van der Waals surface area contributed by atoms with Crippen LogP contribution in [0.2, 0.25) is 0 Å². The van der Waals surface area contributed by atoms with Gasteiger partial charge in [0.25, 0.3) is 0 Å². The van der Waals surface area contributed by atoms with E-state index in [1.807, 2.05) is 48.5 Å². The molecule has 0 bridgehead atoms. The molecule has 0 saturated carbocycles. The quantitative estimate of drug-likeness (QED) is 0.506. The van der Waals surface area contributed by atoms with Gasteiger partial charge in [0.2, 0.25) is 0 Å². The fourth-order valence-corrected chi connectivity index (χ4v) is 1.90. The maximum atomic E-state index is 11.0. The molecule has 0 unspecified atom stereocenters. The van der Waals surface area contributed by atoms with Gasteiger partial charge in [-0.05, 0) is 41.3 Å². The molecule has 2 rings (SSSR count). The molecule has 0 aliphatic rings. The van der Waals surface area contributed by atoms with E-state index >= 15 is 0 Å². The lowest BCUT2D eigenvalue weighted by Gasteiger charge is -2.07. The van der Waals surface area contributed by atoms with Crippen LogP contribution in [0.3, 0.4) is 0 Å². The first-order valence-electron chi connectivity index (χ1n) is 6.20. The van der Waals surface area contributed by atoms with Crippen LogP contribution in [0.15, 0.2) is 54.6 Å². The van der Waals surface area contributed by atoms with Crippen molar-refractivity contribution >= 4 is 17.7 Å². The number of nitrogen functional groups attached to an aromatic ring is 1. The number of benzene rings is 2. The molecule has 102 valence electrons. The van der Waals surface area contributed by atoms with Crippen LogP contribution in [0.25, 0.3) is 6.08 Å². The third kappa shape index (κ3) is 3.70. The number of carbonyl (C=O) groups is 1. The number of hydrogen-bond donors (Lipinski definition) is 2. The summed E-state index contributed by atoms with van der Waals surface area (Å²) in [5.74, 6) is 4.18. The Bertz CT molecular complexity index is 622. The third-order valence-corrected chi connectivity index (χ3v) is 2.93. The van der Waals surface area contributed by atoms with E-state index in [1.54, 1.807) is 6.08 Å². The first kappa shape index (κ1) is 13.8. The maximum absolute atomic E-state index is 11.0. The van der Waals surface area contributed by atoms with E-state index in [-0.39, 0.29) is 0 Å². The third-order valence-electron chi connectivity index (χ3n) is 2.93. The Kier molecular flexibility index (Phi) is 4.52. The molecule has 0 amide bonds. The second-order valence-corrected chi connectivity index (χ2v) is 4.39. The highest BCUT2D eigenvalue weighted by molar-refractivity contribution is 5.86. The fourth-order valence-electron chi connectivity index (χ4n) is 1.90. The predicted molar refractivity (Wildman–Crippen MR) is 79.4 cm³/mol. The largest absolute Gasteiger partial charge is 0.398 e. The van der Waals surface area contributed by atoms with Crippen LogP contribution in [-0.4, -0.2) is 5.97 Å². The average molecular weight is 268 g/mol. The molecule has 2 aromatic rings. The van der Waals surface area contributed by atoms with Gasteiger partial charge in [-0.2, -0.15) is 5.90 Å². The summed E-state index contributed by atoms with van der Waals surface area (Å²) in [6.45, 7) is 0. The van der Waals surface area contributed by atoms with Crippen molar-refractivity contribution in [2.75, 3.05) is 5.73 Å². The van der Waals surface area contributed by atoms with Crippen molar-refractivity contribution in [3.05, 3.63) is 71.3 Å². The molecule has 0 saturated heterocycles. The Morgan fingerprint density at radius 2 is 1.90 bits per heavy atom. The SMILES string of the molecule is NOC(=O)C=Cc1ccc(N)c(Cc2ccccc2)c1. The molecule has 0 radical (unpaired) electrons. The van der Waals surface area contributed by atoms with E-state index in [9.17, 15) is 4.79 Å². The zero-order chi connectivity index (χ0) is 14.4. The smallest absolute Gasteiger partial charge is 0.349 e. The predicted octanol–water partition coefficient (Wildman–Crippen LogP) is 2.29. The minimum atomic E-state index is -0.591. The molecule has 20 heavy (non-hydrogen) atoms. The zero-order valence-electron chi connectivity index (χ0n) is 11.0. The first-order valence-corrected chi connectivity index (χ1v) is 6.20. The van der Waals surface area contributed by atoms with Gasteiger partial charge in [-0.15, -0.1) is 0 Å². The Hall–Kier alpha value is -2.59. The molecule has 0 heterocycles. The van der Waals surface area contributed by atoms with Crippen LogP contribution >= 0.6 is 0 Å². The van der Waals surface area contributed by atoms with Crippen LogP contribution in [0, 0.1) is 0 Å². The van der Waals surface area contributed by atoms with Crippen LogP contribution in [0.5, 0.6) is 0 Å². The Morgan fingerprint density at radius 1 is 1.15 bits per heavy atom. The molecular formula is C16H16N2O2. The Morgan fingerprint density at radius 3 is 2.60 bits per heavy atom. The van der Waals surface area contributed by atoms with Crippen LogP contribution in [-0.2, 0) is 16.1 Å². The van der Waals surface area contributed by atoms with Crippen LogP contribution in [0.4, 0.5) is 5.69 Å². The van der Waals surface area contributed by atoms with E-state index in [1.165, 1.54) is 11.6 Å². The highest BCUT2D eigenvalue weighted by atomic mass is 16.7. The van der Waals surface area contributed by atoms with Crippen molar-refractivity contribution in [3.63, 3.8) is 0 Å². The summed E-state index contributed by atoms with van der Waals surface area (Å²) in [7, 11) is 0. The number of hydrogen-bond acceptors (Lipinski definition) is 4. The van der Waals surface area contributed by atoms with Gasteiger partial charge in [0.05, 0.1) is 0 Å². The summed E-state index contributed by atoms with van der Waals surface area (Å²) in [6.07, 6.45) is 3.66. The molecule has 0 aromatic heterocycles. The highest BCUT2D eigenvalue weighted by Gasteiger charge is 2.02. The molecule has 2 aromatic carbocycles. The van der Waals surface area contributed by atoms with Gasteiger partial charge >= 0.3 is 5.97 Å². The Labute approximate surface area is 117 Å². The average Bonchev–Trinajstić information content (AvgIpc) is 2.48. The van der Waals surface area contributed by atoms with E-state index in [2.05, 4.69) is 4.84 Å². The van der Waals surface area contributed by atoms with Crippen LogP contribution < -0.4 is 11.6 Å². The molecule has 0 aliphatic carbocycles. The van der Waals surface area contributed by atoms with Gasteiger partial charge in [-0.1, -0.05) is 36.4 Å². The number of nitrogens with two attached hydrogens (primary N) is 2. The molecule has 4 N–H and O–H groups in total. The minimum absolute atomic E-state index is 0.591. The van der Waals surface area contributed by atoms with Gasteiger partial charge in [0.1, 0.15) is 0 Å². The number of rotatable bonds is 4. The van der Waals surface area contributed by atoms with E-state index in [4.69, 9.17) is 11.6 Å². The topological polar surface area (TPSA) is 78.3 Å². The molecular weight excluding hydrogens is 252 g/mol. The van der Waals surface area contributed by atoms with Gasteiger partial charge in [0, 0.05) is 11.8 Å². The summed E-state index contributed by atoms with van der Waals surface area (Å²) in [5, 5.41) is 0. The lowest BCUT2D eigenvalue weighted by Crippen LogP contribution is -2.05. The molecule has 4 nitrogen and oxygen atoms in total. The minimum Gasteiger partial charge on any atom is -0.398 e. The van der Waals surface area contributed by atoms with Gasteiger partial charge in [0.15, 0.2) is 0 Å². The lowest BCUT2D eigenvalue weighted by molar-refractivity contribution is -0.138. The zero-order valence-corrected chi connectivity index (χ0v) is 11.0. The maximum Gasteiger partial charge on any atom is 0.349 e. The summed E-state index contributed by atoms with van der Waals surface area (Å²) in [4.78, 5) is 15.0. The molecule has 0 atom stereocenters. The molecule has 0 fully saturated rings. The second-order valence-electron chi connectivity index (χ2n) is 4.39. The normalized spacial score (nSPS) is 10.7. The monoisotopic (exact) mass is 268 g/mol. The van der Waals surface area contributed by atoms with Gasteiger partial charge in [-0.3, -0.25) is 0 Å². The van der Waals surface area contributed by atoms with Crippen molar-refractivity contribution in [1.82, 2.24) is 0 Å². The van der Waals surface area contributed by atoms with E-state index in [0.29, 0.717) is 0 Å². The molecule has 0 spiro atoms. The second kappa shape index (κ2) is 6.54. The van der Waals surface area contributed by atoms with E-state index < -0.39 is 5.97 Å². The Balaban J connectivity index is 2.21. The first-order chi connectivity index (χ1) is 9.69. The lowest BCUT2D eigenvalue weighted by atomic mass is 10.0. The number of anilines is 1. The van der Waals surface area contributed by atoms with Crippen molar-refractivity contribution in [2.24, 2.45) is 5.90 Å². The van der Waals surface area contributed by atoms with E-state index in [0.717, 1.165) is 23.2 Å². The standard InChI is InChI=1S/C16H16N2O2/c17-15-8-6-13(7-9-16(19)20-18)11-14(15)10-12-4-2-1-3-5-12/h1-9,11H,10,17-18H2. The summed E-state index contributed by atoms with van der Waals surface area (Å²) >= 11 is 0. The van der Waals surface area contributed by atoms with Gasteiger partial charge < -0.3 is 10.6 Å².